The standard InChI is InChI=1S/C15H25NO11/c1-4(18)16-13(11-8(21)9(22)12(24)15(16,2)27-11)26-14-10(23)7(20)6(19)5(3-17)25-14/h5-14,17,19-24H,3H2,1-2H3/t5-,6+,7+,8-,9-,10-,11+,12+,13+,14+,15+/m0/s1. The van der Waals surface area contributed by atoms with Gasteiger partial charge in [0.2, 0.25) is 5.91 Å². The monoisotopic (exact) mass is 395 g/mol. The highest BCUT2D eigenvalue weighted by molar-refractivity contribution is 5.75. The van der Waals surface area contributed by atoms with E-state index in [4.69, 9.17) is 14.2 Å². The highest BCUT2D eigenvalue weighted by Gasteiger charge is 2.66. The number of aliphatic hydroxyl groups is 7. The summed E-state index contributed by atoms with van der Waals surface area (Å²) in [7, 11) is 0. The summed E-state index contributed by atoms with van der Waals surface area (Å²) in [6.07, 6.45) is -15.4. The number of likely N-dealkylation sites (tertiary alicyclic amines) is 1. The van der Waals surface area contributed by atoms with E-state index in [1.54, 1.807) is 0 Å². The number of nitrogens with zero attached hydrogens (tertiary/aromatic N) is 1. The van der Waals surface area contributed by atoms with Crippen molar-refractivity contribution in [3.8, 4) is 0 Å². The van der Waals surface area contributed by atoms with E-state index in [2.05, 4.69) is 0 Å². The first-order valence-electron chi connectivity index (χ1n) is 8.52. The highest BCUT2D eigenvalue weighted by Crippen LogP contribution is 2.44. The van der Waals surface area contributed by atoms with E-state index in [0.717, 1.165) is 11.8 Å². The summed E-state index contributed by atoms with van der Waals surface area (Å²) in [6, 6.07) is 0. The van der Waals surface area contributed by atoms with Gasteiger partial charge in [0, 0.05) is 6.92 Å². The maximum absolute atomic E-state index is 12.2. The molecule has 12 nitrogen and oxygen atoms in total. The Balaban J connectivity index is 1.89. The predicted octanol–water partition coefficient (Wildman–Crippen LogP) is -4.81. The van der Waals surface area contributed by atoms with Gasteiger partial charge < -0.3 is 50.0 Å². The van der Waals surface area contributed by atoms with Gasteiger partial charge in [-0.2, -0.15) is 0 Å². The third-order valence-electron chi connectivity index (χ3n) is 5.41. The van der Waals surface area contributed by atoms with Crippen molar-refractivity contribution >= 4 is 5.91 Å². The van der Waals surface area contributed by atoms with Crippen LogP contribution in [0.5, 0.6) is 0 Å². The van der Waals surface area contributed by atoms with Crippen molar-refractivity contribution < 1.29 is 54.8 Å². The number of rotatable bonds is 3. The van der Waals surface area contributed by atoms with Crippen molar-refractivity contribution in [1.29, 1.82) is 0 Å². The normalized spacial score (nSPS) is 52.9. The van der Waals surface area contributed by atoms with E-state index >= 15 is 0 Å². The molecule has 0 radical (unpaired) electrons. The zero-order chi connectivity index (χ0) is 20.3. The van der Waals surface area contributed by atoms with E-state index in [1.165, 1.54) is 6.92 Å². The second-order valence-electron chi connectivity index (χ2n) is 7.18. The minimum atomic E-state index is -1.74. The zero-order valence-corrected chi connectivity index (χ0v) is 14.7. The number of carbonyl (C=O) groups excluding carboxylic acids is 1. The van der Waals surface area contributed by atoms with Crippen LogP contribution in [-0.4, -0.2) is 120 Å². The zero-order valence-electron chi connectivity index (χ0n) is 14.7. The van der Waals surface area contributed by atoms with E-state index in [-0.39, 0.29) is 0 Å². The van der Waals surface area contributed by atoms with Gasteiger partial charge in [0.1, 0.15) is 48.8 Å². The predicted molar refractivity (Wildman–Crippen MR) is 82.5 cm³/mol. The summed E-state index contributed by atoms with van der Waals surface area (Å²) in [5, 5.41) is 69.7. The summed E-state index contributed by atoms with van der Waals surface area (Å²) in [6.45, 7) is 1.81. The van der Waals surface area contributed by atoms with E-state index in [1.807, 2.05) is 0 Å². The van der Waals surface area contributed by atoms with Crippen molar-refractivity contribution in [1.82, 2.24) is 4.90 Å². The first-order valence-corrected chi connectivity index (χ1v) is 8.52. The molecule has 0 spiro atoms. The summed E-state index contributed by atoms with van der Waals surface area (Å²) < 4.78 is 16.4. The number of aliphatic hydroxyl groups excluding tert-OH is 7. The molecule has 0 saturated carbocycles. The van der Waals surface area contributed by atoms with Crippen molar-refractivity contribution in [3.63, 3.8) is 0 Å². The summed E-state index contributed by atoms with van der Waals surface area (Å²) in [5.74, 6) is -0.616. The lowest BCUT2D eigenvalue weighted by Crippen LogP contribution is -2.63. The van der Waals surface area contributed by atoms with E-state index < -0.39 is 79.6 Å². The Morgan fingerprint density at radius 1 is 1.04 bits per heavy atom. The van der Waals surface area contributed by atoms with Gasteiger partial charge in [-0.1, -0.05) is 0 Å². The lowest BCUT2D eigenvalue weighted by atomic mass is 9.94. The molecular formula is C15H25NO11. The molecule has 3 saturated heterocycles. The van der Waals surface area contributed by atoms with Crippen LogP contribution in [0.3, 0.4) is 0 Å². The number of ether oxygens (including phenoxy) is 3. The minimum absolute atomic E-state index is 0.616. The van der Waals surface area contributed by atoms with Crippen molar-refractivity contribution in [2.24, 2.45) is 0 Å². The Labute approximate surface area is 154 Å². The average molecular weight is 395 g/mol. The third-order valence-corrected chi connectivity index (χ3v) is 5.41. The molecule has 2 bridgehead atoms. The summed E-state index contributed by atoms with van der Waals surface area (Å²) in [5.41, 5.74) is -1.71. The molecule has 0 aromatic carbocycles. The molecule has 3 rings (SSSR count). The molecule has 3 fully saturated rings. The second kappa shape index (κ2) is 7.15. The average Bonchev–Trinajstić information content (AvgIpc) is 2.90. The van der Waals surface area contributed by atoms with Crippen LogP contribution in [0.2, 0.25) is 0 Å². The molecule has 1 amide bonds. The molecule has 0 aliphatic carbocycles. The maximum Gasteiger partial charge on any atom is 0.223 e. The van der Waals surface area contributed by atoms with Gasteiger partial charge in [-0.05, 0) is 6.92 Å². The molecule has 156 valence electrons. The van der Waals surface area contributed by atoms with Crippen LogP contribution < -0.4 is 0 Å². The summed E-state index contributed by atoms with van der Waals surface area (Å²) >= 11 is 0. The van der Waals surface area contributed by atoms with Crippen LogP contribution in [0, 0.1) is 0 Å². The fraction of sp³-hybridized carbons (Fsp3) is 0.933. The van der Waals surface area contributed by atoms with Gasteiger partial charge in [0.15, 0.2) is 18.2 Å². The Hall–Kier alpha value is -0.930. The van der Waals surface area contributed by atoms with Gasteiger partial charge in [0.25, 0.3) is 0 Å². The Bertz CT molecular complexity index is 576. The number of hydrogen-bond donors (Lipinski definition) is 7. The van der Waals surface area contributed by atoms with Crippen LogP contribution in [0.15, 0.2) is 0 Å². The van der Waals surface area contributed by atoms with Gasteiger partial charge in [-0.3, -0.25) is 9.69 Å². The number of hydrogen-bond acceptors (Lipinski definition) is 11. The Morgan fingerprint density at radius 2 is 1.67 bits per heavy atom. The molecule has 11 atom stereocenters. The number of fused-ring (bicyclic) bond motifs is 2. The Morgan fingerprint density at radius 3 is 2.22 bits per heavy atom. The molecule has 27 heavy (non-hydrogen) atoms. The maximum atomic E-state index is 12.2. The fourth-order valence-corrected chi connectivity index (χ4v) is 3.89. The van der Waals surface area contributed by atoms with Crippen molar-refractivity contribution in [2.75, 3.05) is 6.61 Å². The van der Waals surface area contributed by atoms with E-state index in [9.17, 15) is 40.5 Å². The van der Waals surface area contributed by atoms with E-state index in [0.29, 0.717) is 0 Å². The van der Waals surface area contributed by atoms with Crippen molar-refractivity contribution in [3.05, 3.63) is 0 Å². The fourth-order valence-electron chi connectivity index (χ4n) is 3.89. The van der Waals surface area contributed by atoms with Gasteiger partial charge in [-0.25, -0.2) is 0 Å². The first-order chi connectivity index (χ1) is 12.5. The molecule has 3 aliphatic heterocycles. The molecular weight excluding hydrogens is 370 g/mol. The minimum Gasteiger partial charge on any atom is -0.394 e. The van der Waals surface area contributed by atoms with Gasteiger partial charge in [-0.15, -0.1) is 0 Å². The largest absolute Gasteiger partial charge is 0.394 e. The van der Waals surface area contributed by atoms with Gasteiger partial charge in [0.05, 0.1) is 6.61 Å². The Kier molecular flexibility index (Phi) is 5.51. The molecule has 3 aliphatic rings. The number of carbonyl (C=O) groups is 1. The third kappa shape index (κ3) is 3.06. The quantitative estimate of drug-likeness (QED) is 0.243. The molecule has 0 aromatic heterocycles. The molecule has 12 heteroatoms. The molecule has 0 unspecified atom stereocenters. The molecule has 3 heterocycles. The van der Waals surface area contributed by atoms with Crippen LogP contribution in [0.4, 0.5) is 0 Å². The second-order valence-corrected chi connectivity index (χ2v) is 7.18. The molecule has 0 aromatic rings. The van der Waals surface area contributed by atoms with Crippen LogP contribution in [0.1, 0.15) is 13.8 Å². The lowest BCUT2D eigenvalue weighted by molar-refractivity contribution is -0.323. The van der Waals surface area contributed by atoms with Crippen LogP contribution in [0.25, 0.3) is 0 Å². The topological polar surface area (TPSA) is 190 Å². The van der Waals surface area contributed by atoms with Gasteiger partial charge >= 0.3 is 0 Å². The number of amides is 1. The van der Waals surface area contributed by atoms with Crippen LogP contribution in [-0.2, 0) is 19.0 Å². The molecule has 7 N–H and O–H groups in total. The first kappa shape index (κ1) is 20.8. The van der Waals surface area contributed by atoms with Crippen molar-refractivity contribution in [2.45, 2.75) is 80.9 Å². The highest BCUT2D eigenvalue weighted by atomic mass is 16.7. The van der Waals surface area contributed by atoms with Crippen LogP contribution >= 0.6 is 0 Å². The summed E-state index contributed by atoms with van der Waals surface area (Å²) in [4.78, 5) is 13.1. The lowest BCUT2D eigenvalue weighted by Gasteiger charge is -2.43. The smallest absolute Gasteiger partial charge is 0.223 e. The SMILES string of the molecule is CC(=O)N1[C@H](O[C@H]2O[C@@H](CO)[C@@H](O)[C@@H](O)[C@@H]2O)[C@@H]2O[C@]1(C)[C@H](O)[C@@H](O)[C@@H]2O.